The molecule has 0 aromatic heterocycles. The van der Waals surface area contributed by atoms with Crippen LogP contribution in [0.5, 0.6) is 11.5 Å². The first-order chi connectivity index (χ1) is 10.0. The predicted molar refractivity (Wildman–Crippen MR) is 77.0 cm³/mol. The number of sulfonamides is 1. The Morgan fingerprint density at radius 3 is 2.76 bits per heavy atom. The van der Waals surface area contributed by atoms with Crippen LogP contribution < -0.4 is 19.5 Å². The van der Waals surface area contributed by atoms with Crippen molar-refractivity contribution in [1.82, 2.24) is 10.0 Å². The Hall–Kier alpha value is -1.80. The van der Waals surface area contributed by atoms with Crippen LogP contribution in [0.4, 0.5) is 0 Å². The number of ether oxygens (including phenoxy) is 2. The Bertz CT molecular complexity index is 615. The van der Waals surface area contributed by atoms with Gasteiger partial charge in [0.1, 0.15) is 0 Å². The minimum atomic E-state index is -3.34. The van der Waals surface area contributed by atoms with E-state index < -0.39 is 10.0 Å². The minimum Gasteiger partial charge on any atom is -0.454 e. The minimum absolute atomic E-state index is 0.0479. The first-order valence-corrected chi connectivity index (χ1v) is 8.32. The first-order valence-electron chi connectivity index (χ1n) is 6.67. The van der Waals surface area contributed by atoms with Gasteiger partial charge in [-0.25, -0.2) is 13.1 Å². The van der Waals surface area contributed by atoms with Crippen molar-refractivity contribution in [3.05, 3.63) is 23.8 Å². The number of carbonyl (C=O) groups excluding carboxylic acids is 1. The molecular weight excluding hydrogens is 296 g/mol. The number of fused-ring (bicyclic) bond motifs is 1. The zero-order valence-corrected chi connectivity index (χ0v) is 12.5. The van der Waals surface area contributed by atoms with Gasteiger partial charge >= 0.3 is 0 Å². The molecule has 1 amide bonds. The average molecular weight is 314 g/mol. The zero-order valence-electron chi connectivity index (χ0n) is 11.7. The van der Waals surface area contributed by atoms with E-state index in [9.17, 15) is 13.2 Å². The molecule has 0 saturated heterocycles. The van der Waals surface area contributed by atoms with Crippen LogP contribution in [0.1, 0.15) is 23.7 Å². The molecule has 0 aliphatic carbocycles. The van der Waals surface area contributed by atoms with Crippen LogP contribution in [0.2, 0.25) is 0 Å². The third-order valence-corrected chi connectivity index (χ3v) is 4.25. The third kappa shape index (κ3) is 4.33. The fraction of sp³-hybridized carbons (Fsp3) is 0.462. The molecule has 0 radical (unpaired) electrons. The third-order valence-electron chi connectivity index (χ3n) is 2.86. The number of rotatable bonds is 7. The van der Waals surface area contributed by atoms with Crippen molar-refractivity contribution < 1.29 is 22.7 Å². The molecule has 1 aromatic carbocycles. The molecular formula is C13H18N2O5S. The van der Waals surface area contributed by atoms with Gasteiger partial charge in [-0.2, -0.15) is 0 Å². The lowest BCUT2D eigenvalue weighted by molar-refractivity contribution is 0.0955. The zero-order chi connectivity index (χ0) is 15.3. The fourth-order valence-electron chi connectivity index (χ4n) is 1.77. The Labute approximate surface area is 123 Å². The highest BCUT2D eigenvalue weighted by Gasteiger charge is 2.16. The predicted octanol–water partition coefficient (Wildman–Crippen LogP) is 0.475. The lowest BCUT2D eigenvalue weighted by Crippen LogP contribution is -2.34. The molecule has 0 saturated carbocycles. The topological polar surface area (TPSA) is 93.7 Å². The van der Waals surface area contributed by atoms with Gasteiger partial charge in [0.25, 0.3) is 5.91 Å². The molecule has 116 valence electrons. The Balaban J connectivity index is 1.85. The molecule has 2 rings (SSSR count). The van der Waals surface area contributed by atoms with Crippen molar-refractivity contribution in [2.75, 3.05) is 25.6 Å². The lowest BCUT2D eigenvalue weighted by atomic mass is 10.2. The van der Waals surface area contributed by atoms with Gasteiger partial charge < -0.3 is 14.8 Å². The van der Waals surface area contributed by atoms with E-state index in [0.717, 1.165) is 6.42 Å². The molecule has 21 heavy (non-hydrogen) atoms. The molecule has 8 heteroatoms. The average Bonchev–Trinajstić information content (AvgIpc) is 2.92. The number of hydrogen-bond donors (Lipinski definition) is 2. The van der Waals surface area contributed by atoms with Gasteiger partial charge in [0, 0.05) is 18.7 Å². The summed E-state index contributed by atoms with van der Waals surface area (Å²) in [5.74, 6) is 0.611. The number of carbonyl (C=O) groups is 1. The van der Waals surface area contributed by atoms with Crippen LogP contribution in [0.15, 0.2) is 18.2 Å². The normalized spacial score (nSPS) is 13.2. The molecule has 0 spiro atoms. The number of amides is 1. The summed E-state index contributed by atoms with van der Waals surface area (Å²) in [5, 5.41) is 2.57. The Morgan fingerprint density at radius 2 is 2.00 bits per heavy atom. The second kappa shape index (κ2) is 6.77. The maximum Gasteiger partial charge on any atom is 0.251 e. The van der Waals surface area contributed by atoms with Crippen molar-refractivity contribution in [2.45, 2.75) is 13.3 Å². The standard InChI is InChI=1S/C13H18N2O5S/c1-2-5-15-21(17,18)7-6-14-13(16)10-3-4-11-12(8-10)20-9-19-11/h3-4,8,15H,2,5-7,9H2,1H3,(H,14,16). The summed E-state index contributed by atoms with van der Waals surface area (Å²) in [4.78, 5) is 11.9. The van der Waals surface area contributed by atoms with E-state index in [1.165, 1.54) is 0 Å². The van der Waals surface area contributed by atoms with Crippen LogP contribution in [-0.2, 0) is 10.0 Å². The lowest BCUT2D eigenvalue weighted by Gasteiger charge is -2.07. The maximum atomic E-state index is 11.9. The van der Waals surface area contributed by atoms with Crippen LogP contribution in [0, 0.1) is 0 Å². The van der Waals surface area contributed by atoms with E-state index in [4.69, 9.17) is 9.47 Å². The van der Waals surface area contributed by atoms with Crippen molar-refractivity contribution in [3.8, 4) is 11.5 Å². The molecule has 1 aliphatic heterocycles. The summed E-state index contributed by atoms with van der Waals surface area (Å²) < 4.78 is 35.9. The second-order valence-electron chi connectivity index (χ2n) is 4.54. The van der Waals surface area contributed by atoms with E-state index in [2.05, 4.69) is 10.0 Å². The summed E-state index contributed by atoms with van der Waals surface area (Å²) in [6.07, 6.45) is 0.725. The van der Waals surface area contributed by atoms with Crippen LogP contribution >= 0.6 is 0 Å². The number of hydrogen-bond acceptors (Lipinski definition) is 5. The van der Waals surface area contributed by atoms with Crippen LogP contribution in [-0.4, -0.2) is 40.0 Å². The van der Waals surface area contributed by atoms with E-state index >= 15 is 0 Å². The highest BCUT2D eigenvalue weighted by molar-refractivity contribution is 7.89. The second-order valence-corrected chi connectivity index (χ2v) is 6.46. The van der Waals surface area contributed by atoms with Gasteiger partial charge in [0.15, 0.2) is 11.5 Å². The van der Waals surface area contributed by atoms with Gasteiger partial charge in [-0.15, -0.1) is 0 Å². The maximum absolute atomic E-state index is 11.9. The molecule has 1 heterocycles. The quantitative estimate of drug-likeness (QED) is 0.763. The summed E-state index contributed by atoms with van der Waals surface area (Å²) in [7, 11) is -3.34. The van der Waals surface area contributed by atoms with Crippen molar-refractivity contribution in [3.63, 3.8) is 0 Å². The van der Waals surface area contributed by atoms with E-state index in [1.54, 1.807) is 18.2 Å². The Kier molecular flexibility index (Phi) is 5.03. The highest BCUT2D eigenvalue weighted by Crippen LogP contribution is 2.32. The largest absolute Gasteiger partial charge is 0.454 e. The van der Waals surface area contributed by atoms with Crippen molar-refractivity contribution in [1.29, 1.82) is 0 Å². The molecule has 1 aromatic rings. The molecule has 1 aliphatic rings. The van der Waals surface area contributed by atoms with Crippen molar-refractivity contribution >= 4 is 15.9 Å². The molecule has 7 nitrogen and oxygen atoms in total. The molecule has 0 atom stereocenters. The van der Waals surface area contributed by atoms with E-state index in [1.807, 2.05) is 6.92 Å². The molecule has 0 bridgehead atoms. The fourth-order valence-corrected chi connectivity index (χ4v) is 2.80. The Morgan fingerprint density at radius 1 is 1.24 bits per heavy atom. The van der Waals surface area contributed by atoms with Gasteiger partial charge in [-0.1, -0.05) is 6.92 Å². The van der Waals surface area contributed by atoms with Gasteiger partial charge in [-0.3, -0.25) is 4.79 Å². The van der Waals surface area contributed by atoms with E-state index in [-0.39, 0.29) is 25.0 Å². The first kappa shape index (κ1) is 15.6. The van der Waals surface area contributed by atoms with Gasteiger partial charge in [0.05, 0.1) is 5.75 Å². The van der Waals surface area contributed by atoms with Gasteiger partial charge in [-0.05, 0) is 24.6 Å². The van der Waals surface area contributed by atoms with Crippen LogP contribution in [0.25, 0.3) is 0 Å². The van der Waals surface area contributed by atoms with Crippen molar-refractivity contribution in [2.24, 2.45) is 0 Å². The summed E-state index contributed by atoms with van der Waals surface area (Å²) >= 11 is 0. The summed E-state index contributed by atoms with van der Waals surface area (Å²) in [6.45, 7) is 2.47. The smallest absolute Gasteiger partial charge is 0.251 e. The molecule has 0 unspecified atom stereocenters. The molecule has 0 fully saturated rings. The summed E-state index contributed by atoms with van der Waals surface area (Å²) in [5.41, 5.74) is 0.401. The summed E-state index contributed by atoms with van der Waals surface area (Å²) in [6, 6.07) is 4.82. The molecule has 2 N–H and O–H groups in total. The van der Waals surface area contributed by atoms with Crippen LogP contribution in [0.3, 0.4) is 0 Å². The monoisotopic (exact) mass is 314 g/mol. The number of nitrogens with one attached hydrogen (secondary N) is 2. The van der Waals surface area contributed by atoms with E-state index in [0.29, 0.717) is 23.6 Å². The highest BCUT2D eigenvalue weighted by atomic mass is 32.2. The number of benzene rings is 1. The van der Waals surface area contributed by atoms with Gasteiger partial charge in [0.2, 0.25) is 16.8 Å². The SMILES string of the molecule is CCCNS(=O)(=O)CCNC(=O)c1ccc2c(c1)OCO2.